The second-order valence-corrected chi connectivity index (χ2v) is 4.92. The van der Waals surface area contributed by atoms with Crippen LogP contribution in [0.3, 0.4) is 0 Å². The summed E-state index contributed by atoms with van der Waals surface area (Å²) in [5.74, 6) is 0.410. The van der Waals surface area contributed by atoms with E-state index in [9.17, 15) is 0 Å². The molecule has 0 saturated heterocycles. The van der Waals surface area contributed by atoms with Gasteiger partial charge in [-0.1, -0.05) is 25.4 Å². The van der Waals surface area contributed by atoms with Crippen molar-refractivity contribution in [1.29, 1.82) is 0 Å². The third kappa shape index (κ3) is 2.82. The second-order valence-electron chi connectivity index (χ2n) is 4.56. The number of anilines is 1. The van der Waals surface area contributed by atoms with Gasteiger partial charge in [-0.15, -0.1) is 0 Å². The Balaban J connectivity index is 2.13. The van der Waals surface area contributed by atoms with Gasteiger partial charge >= 0.3 is 0 Å². The highest BCUT2D eigenvalue weighted by atomic mass is 35.5. The molecule has 2 heterocycles. The van der Waals surface area contributed by atoms with E-state index in [1.807, 2.05) is 30.1 Å². The van der Waals surface area contributed by atoms with E-state index < -0.39 is 0 Å². The molecule has 5 heteroatoms. The molecule has 2 aromatic rings. The maximum Gasteiger partial charge on any atom is 0.152 e. The van der Waals surface area contributed by atoms with Crippen LogP contribution in [0.5, 0.6) is 0 Å². The number of halogens is 1. The van der Waals surface area contributed by atoms with E-state index in [1.54, 1.807) is 6.20 Å². The first kappa shape index (κ1) is 12.9. The fraction of sp³-hybridized carbons (Fsp3) is 0.385. The van der Waals surface area contributed by atoms with E-state index in [0.29, 0.717) is 17.6 Å². The summed E-state index contributed by atoms with van der Waals surface area (Å²) in [7, 11) is 1.94. The first-order chi connectivity index (χ1) is 8.58. The van der Waals surface area contributed by atoms with Gasteiger partial charge in [-0.3, -0.25) is 4.68 Å². The molecule has 0 aromatic carbocycles. The third-order valence-corrected chi connectivity index (χ3v) is 3.01. The summed E-state index contributed by atoms with van der Waals surface area (Å²) in [5, 5.41) is 8.26. The molecule has 96 valence electrons. The van der Waals surface area contributed by atoms with Crippen LogP contribution < -0.4 is 5.32 Å². The van der Waals surface area contributed by atoms with E-state index in [4.69, 9.17) is 11.6 Å². The normalized spacial score (nSPS) is 10.9. The molecule has 0 atom stereocenters. The lowest BCUT2D eigenvalue weighted by Crippen LogP contribution is -2.03. The van der Waals surface area contributed by atoms with Crippen molar-refractivity contribution in [1.82, 2.24) is 14.8 Å². The van der Waals surface area contributed by atoms with Gasteiger partial charge in [0.1, 0.15) is 0 Å². The van der Waals surface area contributed by atoms with Crippen LogP contribution in [0.25, 0.3) is 0 Å². The number of nitrogens with zero attached hydrogens (tertiary/aromatic N) is 3. The van der Waals surface area contributed by atoms with Crippen LogP contribution in [0, 0.1) is 0 Å². The highest BCUT2D eigenvalue weighted by Gasteiger charge is 2.11. The zero-order valence-corrected chi connectivity index (χ0v) is 11.6. The number of pyridine rings is 1. The van der Waals surface area contributed by atoms with Crippen molar-refractivity contribution in [3.8, 4) is 0 Å². The fourth-order valence-electron chi connectivity index (χ4n) is 1.89. The van der Waals surface area contributed by atoms with Gasteiger partial charge in [0.05, 0.1) is 11.4 Å². The number of aromatic nitrogens is 3. The predicted molar refractivity (Wildman–Crippen MR) is 73.9 cm³/mol. The predicted octanol–water partition coefficient (Wildman–Crippen LogP) is 3.20. The molecule has 0 amide bonds. The zero-order valence-electron chi connectivity index (χ0n) is 10.8. The maximum absolute atomic E-state index is 6.00. The van der Waals surface area contributed by atoms with Crippen LogP contribution in [0.1, 0.15) is 31.0 Å². The Hall–Kier alpha value is -1.55. The minimum atomic E-state index is 0.410. The minimum absolute atomic E-state index is 0.410. The lowest BCUT2D eigenvalue weighted by Gasteiger charge is -2.08. The first-order valence-corrected chi connectivity index (χ1v) is 6.32. The summed E-state index contributed by atoms with van der Waals surface area (Å²) in [5.41, 5.74) is 3.15. The molecule has 0 bridgehead atoms. The van der Waals surface area contributed by atoms with Gasteiger partial charge in [0.25, 0.3) is 0 Å². The molecule has 1 N–H and O–H groups in total. The Morgan fingerprint density at radius 2 is 2.22 bits per heavy atom. The average Bonchev–Trinajstić information content (AvgIpc) is 2.70. The van der Waals surface area contributed by atoms with Crippen LogP contribution in [0.15, 0.2) is 24.5 Å². The highest BCUT2D eigenvalue weighted by Crippen LogP contribution is 2.21. The molecule has 2 rings (SSSR count). The smallest absolute Gasteiger partial charge is 0.152 e. The van der Waals surface area contributed by atoms with Gasteiger partial charge in [-0.2, -0.15) is 5.10 Å². The van der Waals surface area contributed by atoms with E-state index >= 15 is 0 Å². The number of aryl methyl sites for hydroxylation is 1. The molecule has 0 spiro atoms. The maximum atomic E-state index is 6.00. The molecule has 0 radical (unpaired) electrons. The monoisotopic (exact) mass is 264 g/mol. The molecular formula is C13H17ClN4. The van der Waals surface area contributed by atoms with Crippen LogP contribution in [0.4, 0.5) is 5.69 Å². The fourth-order valence-corrected chi connectivity index (χ4v) is 2.07. The Bertz CT molecular complexity index is 534. The van der Waals surface area contributed by atoms with Crippen LogP contribution >= 0.6 is 11.6 Å². The summed E-state index contributed by atoms with van der Waals surface area (Å²) in [6.07, 6.45) is 3.71. The zero-order chi connectivity index (χ0) is 13.1. The third-order valence-electron chi connectivity index (χ3n) is 2.71. The molecule has 0 saturated carbocycles. The van der Waals surface area contributed by atoms with Gasteiger partial charge < -0.3 is 5.32 Å². The summed E-state index contributed by atoms with van der Waals surface area (Å²) < 4.78 is 1.84. The van der Waals surface area contributed by atoms with Gasteiger partial charge in [-0.25, -0.2) is 4.98 Å². The molecule has 2 aromatic heterocycles. The Kier molecular flexibility index (Phi) is 3.87. The van der Waals surface area contributed by atoms with E-state index in [-0.39, 0.29) is 0 Å². The van der Waals surface area contributed by atoms with Crippen molar-refractivity contribution in [2.75, 3.05) is 5.32 Å². The Labute approximate surface area is 112 Å². The van der Waals surface area contributed by atoms with Crippen molar-refractivity contribution in [3.05, 3.63) is 40.9 Å². The number of hydrogen-bond acceptors (Lipinski definition) is 3. The van der Waals surface area contributed by atoms with Gasteiger partial charge in [0.15, 0.2) is 5.15 Å². The number of rotatable bonds is 4. The van der Waals surface area contributed by atoms with Gasteiger partial charge in [0.2, 0.25) is 0 Å². The quantitative estimate of drug-likeness (QED) is 0.863. The van der Waals surface area contributed by atoms with Crippen LogP contribution in [-0.4, -0.2) is 14.8 Å². The van der Waals surface area contributed by atoms with E-state index in [2.05, 4.69) is 29.2 Å². The second kappa shape index (κ2) is 5.40. The molecule has 0 aliphatic heterocycles. The SMILES string of the molecule is CC(C)c1nn(C)cc1CNc1cccnc1Cl. The number of hydrogen-bond donors (Lipinski definition) is 1. The van der Waals surface area contributed by atoms with E-state index in [0.717, 1.165) is 11.4 Å². The standard InChI is InChI=1S/C13H17ClN4/c1-9(2)12-10(8-18(3)17-12)7-16-11-5-4-6-15-13(11)14/h4-6,8-9,16H,7H2,1-3H3. The minimum Gasteiger partial charge on any atom is -0.378 e. The lowest BCUT2D eigenvalue weighted by atomic mass is 10.1. The highest BCUT2D eigenvalue weighted by molar-refractivity contribution is 6.31. The summed E-state index contributed by atoms with van der Waals surface area (Å²) >= 11 is 6.00. The van der Waals surface area contributed by atoms with E-state index in [1.165, 1.54) is 5.56 Å². The van der Waals surface area contributed by atoms with Crippen LogP contribution in [0.2, 0.25) is 5.15 Å². The van der Waals surface area contributed by atoms with Crippen molar-refractivity contribution in [2.45, 2.75) is 26.3 Å². The van der Waals surface area contributed by atoms with Crippen molar-refractivity contribution in [3.63, 3.8) is 0 Å². The Morgan fingerprint density at radius 1 is 1.44 bits per heavy atom. The van der Waals surface area contributed by atoms with Crippen molar-refractivity contribution < 1.29 is 0 Å². The van der Waals surface area contributed by atoms with Gasteiger partial charge in [-0.05, 0) is 18.1 Å². The topological polar surface area (TPSA) is 42.7 Å². The summed E-state index contributed by atoms with van der Waals surface area (Å²) in [4.78, 5) is 4.04. The van der Waals surface area contributed by atoms with Gasteiger partial charge in [0, 0.05) is 31.5 Å². The molecule has 0 unspecified atom stereocenters. The lowest BCUT2D eigenvalue weighted by molar-refractivity contribution is 0.712. The summed E-state index contributed by atoms with van der Waals surface area (Å²) in [6, 6.07) is 3.78. The molecule has 0 aliphatic rings. The van der Waals surface area contributed by atoms with Crippen molar-refractivity contribution >= 4 is 17.3 Å². The molecule has 18 heavy (non-hydrogen) atoms. The average molecular weight is 265 g/mol. The largest absolute Gasteiger partial charge is 0.378 e. The van der Waals surface area contributed by atoms with Crippen molar-refractivity contribution in [2.24, 2.45) is 7.05 Å². The van der Waals surface area contributed by atoms with Crippen LogP contribution in [-0.2, 0) is 13.6 Å². The molecule has 0 aliphatic carbocycles. The molecular weight excluding hydrogens is 248 g/mol. The number of nitrogens with one attached hydrogen (secondary N) is 1. The molecule has 0 fully saturated rings. The molecule has 4 nitrogen and oxygen atoms in total. The Morgan fingerprint density at radius 3 is 2.89 bits per heavy atom. The summed E-state index contributed by atoms with van der Waals surface area (Å²) in [6.45, 7) is 4.98. The first-order valence-electron chi connectivity index (χ1n) is 5.94.